The van der Waals surface area contributed by atoms with Gasteiger partial charge in [0.25, 0.3) is 0 Å². The van der Waals surface area contributed by atoms with Gasteiger partial charge in [0.2, 0.25) is 0 Å². The second-order valence-corrected chi connectivity index (χ2v) is 5.70. The van der Waals surface area contributed by atoms with Crippen LogP contribution < -0.4 is 10.5 Å². The summed E-state index contributed by atoms with van der Waals surface area (Å²) >= 11 is 0. The van der Waals surface area contributed by atoms with E-state index >= 15 is 0 Å². The second-order valence-electron chi connectivity index (χ2n) is 5.70. The number of nitrogens with two attached hydrogens (primary N) is 1. The van der Waals surface area contributed by atoms with Crippen molar-refractivity contribution in [3.05, 3.63) is 29.8 Å². The lowest BCUT2D eigenvalue weighted by Crippen LogP contribution is -2.43. The first kappa shape index (κ1) is 15.3. The molecule has 1 aliphatic rings. The van der Waals surface area contributed by atoms with Crippen molar-refractivity contribution in [2.75, 3.05) is 13.7 Å². The highest BCUT2D eigenvalue weighted by molar-refractivity contribution is 5.37. The summed E-state index contributed by atoms with van der Waals surface area (Å²) in [7, 11) is 1.74. The van der Waals surface area contributed by atoms with Crippen molar-refractivity contribution in [1.82, 2.24) is 4.90 Å². The lowest BCUT2D eigenvalue weighted by molar-refractivity contribution is 0.148. The molecule has 1 saturated heterocycles. The molecule has 3 heteroatoms. The molecule has 0 saturated carbocycles. The summed E-state index contributed by atoms with van der Waals surface area (Å²) < 4.78 is 5.57. The number of ether oxygens (including phenoxy) is 1. The predicted octanol–water partition coefficient (Wildman–Crippen LogP) is 3.35. The van der Waals surface area contributed by atoms with Crippen molar-refractivity contribution >= 4 is 0 Å². The molecule has 2 N–H and O–H groups in total. The van der Waals surface area contributed by atoms with E-state index < -0.39 is 0 Å². The minimum Gasteiger partial charge on any atom is -0.496 e. The Balaban J connectivity index is 2.37. The molecule has 0 radical (unpaired) electrons. The normalized spacial score (nSPS) is 22.7. The molecule has 1 aliphatic heterocycles. The van der Waals surface area contributed by atoms with E-state index in [1.54, 1.807) is 7.11 Å². The van der Waals surface area contributed by atoms with E-state index in [-0.39, 0.29) is 12.1 Å². The summed E-state index contributed by atoms with van der Waals surface area (Å²) in [6, 6.07) is 9.40. The Hall–Kier alpha value is -1.06. The maximum atomic E-state index is 6.47. The van der Waals surface area contributed by atoms with Gasteiger partial charge in [-0.1, -0.05) is 32.0 Å². The van der Waals surface area contributed by atoms with Crippen molar-refractivity contribution < 1.29 is 4.74 Å². The van der Waals surface area contributed by atoms with E-state index in [0.29, 0.717) is 6.04 Å². The molecule has 1 aromatic rings. The number of hydrogen-bond donors (Lipinski definition) is 1. The van der Waals surface area contributed by atoms with Crippen molar-refractivity contribution in [2.45, 2.75) is 57.7 Å². The van der Waals surface area contributed by atoms with Gasteiger partial charge in [0.15, 0.2) is 0 Å². The molecule has 20 heavy (non-hydrogen) atoms. The number of methoxy groups -OCH3 is 1. The highest BCUT2D eigenvalue weighted by Crippen LogP contribution is 2.37. The highest BCUT2D eigenvalue weighted by atomic mass is 16.5. The van der Waals surface area contributed by atoms with Gasteiger partial charge in [0.05, 0.1) is 13.2 Å². The minimum absolute atomic E-state index is 0.151. The maximum Gasteiger partial charge on any atom is 0.123 e. The zero-order valence-electron chi connectivity index (χ0n) is 13.0. The Morgan fingerprint density at radius 2 is 2.10 bits per heavy atom. The third-order valence-electron chi connectivity index (χ3n) is 4.59. The molecule has 2 rings (SSSR count). The molecular weight excluding hydrogens is 248 g/mol. The lowest BCUT2D eigenvalue weighted by atomic mass is 9.94. The summed E-state index contributed by atoms with van der Waals surface area (Å²) in [5.74, 6) is 0.961. The van der Waals surface area contributed by atoms with Crippen LogP contribution in [0.1, 0.15) is 51.1 Å². The van der Waals surface area contributed by atoms with Crippen LogP contribution in [0, 0.1) is 0 Å². The average Bonchev–Trinajstić information content (AvgIpc) is 2.96. The van der Waals surface area contributed by atoms with Gasteiger partial charge in [0.1, 0.15) is 5.75 Å². The first-order valence-corrected chi connectivity index (χ1v) is 7.87. The molecule has 3 nitrogen and oxygen atoms in total. The Kier molecular flexibility index (Phi) is 5.44. The van der Waals surface area contributed by atoms with Crippen LogP contribution in [-0.2, 0) is 0 Å². The van der Waals surface area contributed by atoms with Crippen LogP contribution in [0.5, 0.6) is 5.75 Å². The molecule has 1 heterocycles. The first-order valence-electron chi connectivity index (χ1n) is 7.87. The fourth-order valence-corrected chi connectivity index (χ4v) is 3.45. The fourth-order valence-electron chi connectivity index (χ4n) is 3.45. The quantitative estimate of drug-likeness (QED) is 0.866. The average molecular weight is 276 g/mol. The standard InChI is InChI=1S/C17H28N2O/c1-4-13-9-8-12-19(13)17(15(18)5-2)14-10-6-7-11-16(14)20-3/h6-7,10-11,13,15,17H,4-5,8-9,12,18H2,1-3H3. The highest BCUT2D eigenvalue weighted by Gasteiger charge is 2.34. The summed E-state index contributed by atoms with van der Waals surface area (Å²) in [6.45, 7) is 5.60. The Morgan fingerprint density at radius 3 is 2.75 bits per heavy atom. The van der Waals surface area contributed by atoms with Gasteiger partial charge >= 0.3 is 0 Å². The van der Waals surface area contributed by atoms with E-state index in [1.165, 1.54) is 24.8 Å². The third kappa shape index (κ3) is 2.99. The SMILES string of the molecule is CCC(N)C(c1ccccc1OC)N1CCCC1CC. The Bertz CT molecular complexity index is 421. The molecule has 112 valence electrons. The van der Waals surface area contributed by atoms with Crippen molar-refractivity contribution in [2.24, 2.45) is 5.73 Å². The van der Waals surface area contributed by atoms with Crippen molar-refractivity contribution in [3.63, 3.8) is 0 Å². The molecule has 0 spiro atoms. The zero-order chi connectivity index (χ0) is 14.5. The number of likely N-dealkylation sites (tertiary alicyclic amines) is 1. The maximum absolute atomic E-state index is 6.47. The van der Waals surface area contributed by atoms with Crippen LogP contribution in [0.2, 0.25) is 0 Å². The van der Waals surface area contributed by atoms with E-state index in [4.69, 9.17) is 10.5 Å². The molecule has 3 unspecified atom stereocenters. The van der Waals surface area contributed by atoms with Gasteiger partial charge in [-0.15, -0.1) is 0 Å². The fraction of sp³-hybridized carbons (Fsp3) is 0.647. The van der Waals surface area contributed by atoms with Gasteiger partial charge in [-0.2, -0.15) is 0 Å². The van der Waals surface area contributed by atoms with Gasteiger partial charge in [-0.05, 0) is 38.3 Å². The topological polar surface area (TPSA) is 38.5 Å². The molecule has 0 bridgehead atoms. The monoisotopic (exact) mass is 276 g/mol. The second kappa shape index (κ2) is 7.09. The van der Waals surface area contributed by atoms with Crippen LogP contribution in [0.25, 0.3) is 0 Å². The van der Waals surface area contributed by atoms with E-state index in [0.717, 1.165) is 18.7 Å². The first-order chi connectivity index (χ1) is 9.72. The van der Waals surface area contributed by atoms with Crippen LogP contribution in [0.15, 0.2) is 24.3 Å². The van der Waals surface area contributed by atoms with E-state index in [2.05, 4.69) is 30.9 Å². The number of nitrogens with zero attached hydrogens (tertiary/aromatic N) is 1. The van der Waals surface area contributed by atoms with Gasteiger partial charge in [-0.25, -0.2) is 0 Å². The Morgan fingerprint density at radius 1 is 1.35 bits per heavy atom. The van der Waals surface area contributed by atoms with Gasteiger partial charge in [0, 0.05) is 17.6 Å². The molecule has 1 aromatic carbocycles. The summed E-state index contributed by atoms with van der Waals surface area (Å²) in [4.78, 5) is 2.60. The van der Waals surface area contributed by atoms with E-state index in [9.17, 15) is 0 Å². The van der Waals surface area contributed by atoms with Crippen LogP contribution in [-0.4, -0.2) is 30.6 Å². The smallest absolute Gasteiger partial charge is 0.123 e. The molecule has 3 atom stereocenters. The van der Waals surface area contributed by atoms with Crippen molar-refractivity contribution in [1.29, 1.82) is 0 Å². The number of hydrogen-bond acceptors (Lipinski definition) is 3. The van der Waals surface area contributed by atoms with Crippen molar-refractivity contribution in [3.8, 4) is 5.75 Å². The molecule has 0 aliphatic carbocycles. The number of benzene rings is 1. The minimum atomic E-state index is 0.151. The lowest BCUT2D eigenvalue weighted by Gasteiger charge is -2.37. The third-order valence-corrected chi connectivity index (χ3v) is 4.59. The van der Waals surface area contributed by atoms with Crippen LogP contribution in [0.4, 0.5) is 0 Å². The number of para-hydroxylation sites is 1. The summed E-state index contributed by atoms with van der Waals surface area (Å²) in [5, 5.41) is 0. The van der Waals surface area contributed by atoms with Crippen LogP contribution in [0.3, 0.4) is 0 Å². The van der Waals surface area contributed by atoms with Crippen LogP contribution >= 0.6 is 0 Å². The Labute approximate surface area is 123 Å². The molecular formula is C17H28N2O. The molecule has 0 amide bonds. The predicted molar refractivity (Wildman–Crippen MR) is 84.0 cm³/mol. The molecule has 0 aromatic heterocycles. The largest absolute Gasteiger partial charge is 0.496 e. The number of rotatable bonds is 6. The summed E-state index contributed by atoms with van der Waals surface area (Å²) in [5.41, 5.74) is 7.71. The van der Waals surface area contributed by atoms with Gasteiger partial charge in [-0.3, -0.25) is 4.90 Å². The van der Waals surface area contributed by atoms with Gasteiger partial charge < -0.3 is 10.5 Å². The molecule has 1 fully saturated rings. The summed E-state index contributed by atoms with van der Waals surface area (Å²) in [6.07, 6.45) is 4.75. The zero-order valence-corrected chi connectivity index (χ0v) is 13.0. The van der Waals surface area contributed by atoms with E-state index in [1.807, 2.05) is 12.1 Å².